The molecule has 142 valence electrons. The first-order chi connectivity index (χ1) is 12.8. The number of hydrogen-bond acceptors (Lipinski definition) is 7. The van der Waals surface area contributed by atoms with Crippen LogP contribution in [-0.2, 0) is 14.4 Å². The number of fused-ring (bicyclic) bond motifs is 3. The van der Waals surface area contributed by atoms with E-state index in [4.69, 9.17) is 14.3 Å². The zero-order valence-corrected chi connectivity index (χ0v) is 15.5. The van der Waals surface area contributed by atoms with Crippen LogP contribution in [0.3, 0.4) is 0 Å². The SMILES string of the molecule is COc1ccc(C(=O)C2C(=O)CC(C)(C)CC2=O)c2c1OCC1CON=C21. The van der Waals surface area contributed by atoms with Gasteiger partial charge in [-0.25, -0.2) is 0 Å². The average Bonchev–Trinajstić information content (AvgIpc) is 3.07. The zero-order valence-electron chi connectivity index (χ0n) is 15.5. The van der Waals surface area contributed by atoms with Gasteiger partial charge in [0.15, 0.2) is 28.8 Å². The van der Waals surface area contributed by atoms with E-state index >= 15 is 0 Å². The molecule has 0 amide bonds. The van der Waals surface area contributed by atoms with Gasteiger partial charge in [0.2, 0.25) is 0 Å². The summed E-state index contributed by atoms with van der Waals surface area (Å²) in [5.74, 6) is -1.64. The smallest absolute Gasteiger partial charge is 0.181 e. The lowest BCUT2D eigenvalue weighted by Crippen LogP contribution is -2.42. The lowest BCUT2D eigenvalue weighted by molar-refractivity contribution is -0.137. The maximum absolute atomic E-state index is 13.3. The molecule has 7 heteroatoms. The molecule has 0 saturated heterocycles. The molecular formula is C20H21NO6. The van der Waals surface area contributed by atoms with Gasteiger partial charge in [0, 0.05) is 18.4 Å². The molecule has 4 rings (SSSR count). The van der Waals surface area contributed by atoms with Crippen LogP contribution < -0.4 is 9.47 Å². The molecule has 0 bridgehead atoms. The minimum atomic E-state index is -1.26. The average molecular weight is 371 g/mol. The Labute approximate surface area is 156 Å². The molecule has 1 fully saturated rings. The van der Waals surface area contributed by atoms with E-state index in [9.17, 15) is 14.4 Å². The molecule has 0 N–H and O–H groups in total. The first-order valence-corrected chi connectivity index (χ1v) is 8.96. The number of oxime groups is 1. The van der Waals surface area contributed by atoms with Gasteiger partial charge < -0.3 is 14.3 Å². The van der Waals surface area contributed by atoms with Gasteiger partial charge in [-0.05, 0) is 17.5 Å². The van der Waals surface area contributed by atoms with Gasteiger partial charge in [-0.3, -0.25) is 14.4 Å². The Morgan fingerprint density at radius 3 is 2.56 bits per heavy atom. The van der Waals surface area contributed by atoms with Crippen LogP contribution in [0.15, 0.2) is 17.3 Å². The van der Waals surface area contributed by atoms with Gasteiger partial charge in [0.25, 0.3) is 0 Å². The second kappa shape index (κ2) is 6.18. The van der Waals surface area contributed by atoms with E-state index in [0.717, 1.165) is 0 Å². The number of ether oxygens (including phenoxy) is 2. The second-order valence-electron chi connectivity index (χ2n) is 8.05. The van der Waals surface area contributed by atoms with Crippen LogP contribution in [0.5, 0.6) is 11.5 Å². The summed E-state index contributed by atoms with van der Waals surface area (Å²) in [5, 5.41) is 4.08. The van der Waals surface area contributed by atoms with Crippen molar-refractivity contribution in [2.45, 2.75) is 26.7 Å². The van der Waals surface area contributed by atoms with Crippen LogP contribution >= 0.6 is 0 Å². The Hall–Kier alpha value is -2.70. The minimum Gasteiger partial charge on any atom is -0.493 e. The number of benzene rings is 1. The highest BCUT2D eigenvalue weighted by molar-refractivity contribution is 6.28. The molecule has 27 heavy (non-hydrogen) atoms. The Balaban J connectivity index is 1.80. The third-order valence-corrected chi connectivity index (χ3v) is 5.33. The van der Waals surface area contributed by atoms with E-state index in [2.05, 4.69) is 5.16 Å². The predicted molar refractivity (Wildman–Crippen MR) is 95.3 cm³/mol. The topological polar surface area (TPSA) is 91.3 Å². The van der Waals surface area contributed by atoms with E-state index in [1.165, 1.54) is 7.11 Å². The molecule has 1 saturated carbocycles. The number of ketones is 3. The Kier molecular flexibility index (Phi) is 4.05. The van der Waals surface area contributed by atoms with Crippen molar-refractivity contribution >= 4 is 23.1 Å². The van der Waals surface area contributed by atoms with Crippen LogP contribution in [-0.4, -0.2) is 43.4 Å². The first-order valence-electron chi connectivity index (χ1n) is 8.96. The number of carbonyl (C=O) groups excluding carboxylic acids is 3. The summed E-state index contributed by atoms with van der Waals surface area (Å²) < 4.78 is 11.2. The second-order valence-corrected chi connectivity index (χ2v) is 8.05. The van der Waals surface area contributed by atoms with Crippen molar-refractivity contribution in [3.63, 3.8) is 0 Å². The molecule has 1 atom stereocenters. The zero-order chi connectivity index (χ0) is 19.3. The van der Waals surface area contributed by atoms with E-state index in [1.54, 1.807) is 12.1 Å². The lowest BCUT2D eigenvalue weighted by atomic mass is 9.69. The number of carbonyl (C=O) groups is 3. The van der Waals surface area contributed by atoms with Crippen LogP contribution in [0, 0.1) is 17.3 Å². The molecular weight excluding hydrogens is 350 g/mol. The van der Waals surface area contributed by atoms with Gasteiger partial charge in [0.1, 0.15) is 24.8 Å². The van der Waals surface area contributed by atoms with Crippen molar-refractivity contribution in [3.8, 4) is 11.5 Å². The first kappa shape index (κ1) is 17.7. The molecule has 1 aliphatic carbocycles. The third-order valence-electron chi connectivity index (χ3n) is 5.33. The number of nitrogens with zero attached hydrogens (tertiary/aromatic N) is 1. The highest BCUT2D eigenvalue weighted by atomic mass is 16.6. The van der Waals surface area contributed by atoms with Gasteiger partial charge in [-0.1, -0.05) is 19.0 Å². The van der Waals surface area contributed by atoms with E-state index < -0.39 is 17.1 Å². The van der Waals surface area contributed by atoms with Crippen molar-refractivity contribution in [3.05, 3.63) is 23.3 Å². The van der Waals surface area contributed by atoms with E-state index in [0.29, 0.717) is 36.0 Å². The van der Waals surface area contributed by atoms with Crippen molar-refractivity contribution in [2.75, 3.05) is 20.3 Å². The quantitative estimate of drug-likeness (QED) is 0.597. The molecule has 2 aliphatic heterocycles. The van der Waals surface area contributed by atoms with Gasteiger partial charge in [-0.2, -0.15) is 0 Å². The van der Waals surface area contributed by atoms with Crippen LogP contribution in [0.4, 0.5) is 0 Å². The summed E-state index contributed by atoms with van der Waals surface area (Å²) in [7, 11) is 1.51. The van der Waals surface area contributed by atoms with Crippen LogP contribution in [0.2, 0.25) is 0 Å². The monoisotopic (exact) mass is 371 g/mol. The highest BCUT2D eigenvalue weighted by Gasteiger charge is 2.45. The molecule has 3 aliphatic rings. The van der Waals surface area contributed by atoms with Crippen molar-refractivity contribution in [2.24, 2.45) is 22.4 Å². The molecule has 2 heterocycles. The fourth-order valence-electron chi connectivity index (χ4n) is 4.08. The molecule has 0 aromatic heterocycles. The minimum absolute atomic E-state index is 0.0900. The fourth-order valence-corrected chi connectivity index (χ4v) is 4.08. The van der Waals surface area contributed by atoms with Crippen molar-refractivity contribution < 1.29 is 28.7 Å². The predicted octanol–water partition coefficient (Wildman–Crippen LogP) is 2.20. The van der Waals surface area contributed by atoms with Crippen LogP contribution in [0.25, 0.3) is 0 Å². The number of rotatable bonds is 3. The maximum Gasteiger partial charge on any atom is 0.181 e. The normalized spacial score (nSPS) is 23.7. The summed E-state index contributed by atoms with van der Waals surface area (Å²) in [5.41, 5.74) is 0.918. The standard InChI is InChI=1S/C20H21NO6/c1-20(2)6-12(22)16(13(23)7-20)18(24)11-4-5-14(25-3)19-15(11)17-10(8-26-19)9-27-21-17/h4-5,10,16H,6-9H2,1-3H3. The lowest BCUT2D eigenvalue weighted by Gasteiger charge is -2.32. The summed E-state index contributed by atoms with van der Waals surface area (Å²) in [6.07, 6.45) is 0.410. The number of Topliss-reactive ketones (excluding diaryl/α,β-unsaturated/α-hetero) is 3. The van der Waals surface area contributed by atoms with Gasteiger partial charge >= 0.3 is 0 Å². The number of methoxy groups -OCH3 is 1. The number of hydrogen-bond donors (Lipinski definition) is 0. The summed E-state index contributed by atoms with van der Waals surface area (Å²) in [6, 6.07) is 3.19. The summed E-state index contributed by atoms with van der Waals surface area (Å²) >= 11 is 0. The Bertz CT molecular complexity index is 865. The highest BCUT2D eigenvalue weighted by Crippen LogP contribution is 2.42. The molecule has 1 aromatic carbocycles. The van der Waals surface area contributed by atoms with Gasteiger partial charge in [-0.15, -0.1) is 0 Å². The Morgan fingerprint density at radius 2 is 1.89 bits per heavy atom. The Morgan fingerprint density at radius 1 is 1.19 bits per heavy atom. The molecule has 0 spiro atoms. The van der Waals surface area contributed by atoms with Crippen molar-refractivity contribution in [1.29, 1.82) is 0 Å². The van der Waals surface area contributed by atoms with E-state index in [1.807, 2.05) is 13.8 Å². The maximum atomic E-state index is 13.3. The molecule has 1 unspecified atom stereocenters. The molecule has 1 aromatic rings. The van der Waals surface area contributed by atoms with E-state index in [-0.39, 0.29) is 35.9 Å². The molecule has 7 nitrogen and oxygen atoms in total. The molecule has 0 radical (unpaired) electrons. The summed E-state index contributed by atoms with van der Waals surface area (Å²) in [4.78, 5) is 43.7. The largest absolute Gasteiger partial charge is 0.493 e. The third kappa shape index (κ3) is 2.81. The van der Waals surface area contributed by atoms with Gasteiger partial charge in [0.05, 0.1) is 18.6 Å². The summed E-state index contributed by atoms with van der Waals surface area (Å²) in [6.45, 7) is 4.47. The van der Waals surface area contributed by atoms with Crippen molar-refractivity contribution in [1.82, 2.24) is 0 Å². The fraction of sp³-hybridized carbons (Fsp3) is 0.500. The van der Waals surface area contributed by atoms with Crippen LogP contribution in [0.1, 0.15) is 42.6 Å².